The number of rotatable bonds is 1. The van der Waals surface area contributed by atoms with Gasteiger partial charge in [-0.25, -0.2) is 0 Å². The second kappa shape index (κ2) is 3.18. The molecule has 52 valence electrons. The summed E-state index contributed by atoms with van der Waals surface area (Å²) in [6.07, 6.45) is 4.08. The number of hydrogen-bond acceptors (Lipinski definition) is 0. The van der Waals surface area contributed by atoms with Crippen LogP contribution >= 0.6 is 0 Å². The van der Waals surface area contributed by atoms with Crippen molar-refractivity contribution in [2.24, 2.45) is 0 Å². The first-order valence-corrected chi connectivity index (χ1v) is 3.38. The maximum atomic E-state index is 3.89. The van der Waals surface area contributed by atoms with Crippen LogP contribution in [0.5, 0.6) is 0 Å². The van der Waals surface area contributed by atoms with Gasteiger partial charge in [0.25, 0.3) is 0 Å². The number of benzene rings is 1. The minimum Gasteiger partial charge on any atom is -0.325 e. The summed E-state index contributed by atoms with van der Waals surface area (Å²) in [5.74, 6) is 0. The van der Waals surface area contributed by atoms with Gasteiger partial charge < -0.3 is 5.73 Å². The van der Waals surface area contributed by atoms with Crippen LogP contribution in [-0.2, 0) is 0 Å². The highest BCUT2D eigenvalue weighted by Gasteiger charge is 1.92. The summed E-state index contributed by atoms with van der Waals surface area (Å²) in [4.78, 5) is 0. The minimum atomic E-state index is 1.08. The largest absolute Gasteiger partial charge is 0.325 e. The molecule has 1 aromatic rings. The van der Waals surface area contributed by atoms with E-state index in [2.05, 4.69) is 17.9 Å². The van der Waals surface area contributed by atoms with E-state index >= 15 is 0 Å². The minimum absolute atomic E-state index is 1.08. The van der Waals surface area contributed by atoms with Crippen LogP contribution in [0.25, 0.3) is 6.08 Å². The molecule has 1 rings (SSSR count). The molecule has 0 aromatic heterocycles. The van der Waals surface area contributed by atoms with E-state index < -0.39 is 0 Å². The summed E-state index contributed by atoms with van der Waals surface area (Å²) in [5.41, 5.74) is 6.17. The Morgan fingerprint density at radius 2 is 2.00 bits per heavy atom. The van der Waals surface area contributed by atoms with Crippen molar-refractivity contribution in [3.8, 4) is 0 Å². The molecule has 0 aliphatic rings. The molecular formula is C9H12N+. The van der Waals surface area contributed by atoms with Crippen LogP contribution in [0.2, 0.25) is 0 Å². The van der Waals surface area contributed by atoms with Gasteiger partial charge in [-0.3, -0.25) is 0 Å². The van der Waals surface area contributed by atoms with Crippen molar-refractivity contribution in [1.29, 1.82) is 0 Å². The van der Waals surface area contributed by atoms with Crippen molar-refractivity contribution < 1.29 is 5.73 Å². The first kappa shape index (κ1) is 7.03. The molecule has 0 amide bonds. The Kier molecular flexibility index (Phi) is 2.24. The van der Waals surface area contributed by atoms with E-state index in [9.17, 15) is 0 Å². The first-order valence-electron chi connectivity index (χ1n) is 3.38. The summed E-state index contributed by atoms with van der Waals surface area (Å²) in [5, 5.41) is 0. The Morgan fingerprint density at radius 1 is 1.30 bits per heavy atom. The van der Waals surface area contributed by atoms with Crippen LogP contribution in [0.1, 0.15) is 12.5 Å². The van der Waals surface area contributed by atoms with E-state index in [0.29, 0.717) is 0 Å². The Bertz CT molecular complexity index is 238. The van der Waals surface area contributed by atoms with Gasteiger partial charge in [-0.2, -0.15) is 0 Å². The average Bonchev–Trinajstić information content (AvgIpc) is 1.94. The van der Waals surface area contributed by atoms with Gasteiger partial charge in [0.15, 0.2) is 0 Å². The smallest absolute Gasteiger partial charge is 0.135 e. The van der Waals surface area contributed by atoms with Crippen molar-refractivity contribution in [1.82, 2.24) is 0 Å². The lowest BCUT2D eigenvalue weighted by Crippen LogP contribution is -2.40. The molecule has 0 unspecified atom stereocenters. The van der Waals surface area contributed by atoms with E-state index in [0.717, 1.165) is 5.69 Å². The maximum Gasteiger partial charge on any atom is 0.135 e. The molecule has 0 saturated heterocycles. The van der Waals surface area contributed by atoms with Gasteiger partial charge in [-0.05, 0) is 19.1 Å². The SMILES string of the molecule is C/C=C\c1ccccc1[NH3+]. The third-order valence-electron chi connectivity index (χ3n) is 1.40. The Balaban J connectivity index is 3.03. The molecule has 1 aromatic carbocycles. The standard InChI is InChI=1S/C9H11N/c1-2-5-8-6-3-4-7-9(8)10/h2-7H,10H2,1H3/p+1/b5-2-. The highest BCUT2D eigenvalue weighted by molar-refractivity contribution is 5.59. The van der Waals surface area contributed by atoms with Gasteiger partial charge in [0.1, 0.15) is 5.69 Å². The second-order valence-electron chi connectivity index (χ2n) is 2.20. The monoisotopic (exact) mass is 134 g/mol. The fourth-order valence-corrected chi connectivity index (χ4v) is 0.876. The molecule has 0 heterocycles. The van der Waals surface area contributed by atoms with E-state index in [1.165, 1.54) is 5.56 Å². The molecule has 0 bridgehead atoms. The molecule has 0 atom stereocenters. The zero-order chi connectivity index (χ0) is 7.40. The van der Waals surface area contributed by atoms with E-state index in [-0.39, 0.29) is 0 Å². The van der Waals surface area contributed by atoms with Gasteiger partial charge in [-0.15, -0.1) is 0 Å². The van der Waals surface area contributed by atoms with E-state index in [4.69, 9.17) is 0 Å². The summed E-state index contributed by atoms with van der Waals surface area (Å²) in [6, 6.07) is 8.08. The van der Waals surface area contributed by atoms with Crippen LogP contribution in [0, 0.1) is 0 Å². The van der Waals surface area contributed by atoms with Crippen molar-refractivity contribution in [3.63, 3.8) is 0 Å². The predicted octanol–water partition coefficient (Wildman–Crippen LogP) is 1.59. The van der Waals surface area contributed by atoms with Gasteiger partial charge in [0.05, 0.1) is 0 Å². The summed E-state index contributed by atoms with van der Waals surface area (Å²) in [6.45, 7) is 2.01. The van der Waals surface area contributed by atoms with Crippen LogP contribution in [0.15, 0.2) is 30.3 Å². The second-order valence-corrected chi connectivity index (χ2v) is 2.20. The molecule has 0 spiro atoms. The lowest BCUT2D eigenvalue weighted by molar-refractivity contribution is -0.255. The Labute approximate surface area is 61.2 Å². The zero-order valence-corrected chi connectivity index (χ0v) is 6.17. The van der Waals surface area contributed by atoms with Crippen molar-refractivity contribution in [3.05, 3.63) is 35.9 Å². The fourth-order valence-electron chi connectivity index (χ4n) is 0.876. The first-order chi connectivity index (χ1) is 4.84. The van der Waals surface area contributed by atoms with Crippen LogP contribution in [0.4, 0.5) is 5.69 Å². The lowest BCUT2D eigenvalue weighted by atomic mass is 10.2. The molecule has 1 heteroatoms. The number of allylic oxidation sites excluding steroid dienone is 1. The van der Waals surface area contributed by atoms with Crippen molar-refractivity contribution >= 4 is 11.8 Å². The molecule has 0 radical (unpaired) electrons. The predicted molar refractivity (Wildman–Crippen MR) is 43.7 cm³/mol. The van der Waals surface area contributed by atoms with E-state index in [1.807, 2.05) is 31.2 Å². The molecule has 0 aliphatic heterocycles. The number of quaternary nitrogens is 1. The molecule has 0 saturated carbocycles. The number of hydrogen-bond donors (Lipinski definition) is 1. The van der Waals surface area contributed by atoms with Crippen molar-refractivity contribution in [2.45, 2.75) is 6.92 Å². The van der Waals surface area contributed by atoms with Gasteiger partial charge in [-0.1, -0.05) is 24.3 Å². The van der Waals surface area contributed by atoms with Crippen molar-refractivity contribution in [2.75, 3.05) is 0 Å². The molecule has 0 fully saturated rings. The summed E-state index contributed by atoms with van der Waals surface area (Å²) < 4.78 is 0. The van der Waals surface area contributed by atoms with Gasteiger partial charge in [0.2, 0.25) is 0 Å². The lowest BCUT2D eigenvalue weighted by Gasteiger charge is -1.92. The molecule has 3 N–H and O–H groups in total. The summed E-state index contributed by atoms with van der Waals surface area (Å²) in [7, 11) is 0. The van der Waals surface area contributed by atoms with Crippen LogP contribution in [0.3, 0.4) is 0 Å². The Hall–Kier alpha value is -1.08. The summed E-state index contributed by atoms with van der Waals surface area (Å²) >= 11 is 0. The van der Waals surface area contributed by atoms with Crippen LogP contribution < -0.4 is 5.73 Å². The third kappa shape index (κ3) is 1.45. The fraction of sp³-hybridized carbons (Fsp3) is 0.111. The van der Waals surface area contributed by atoms with Gasteiger partial charge >= 0.3 is 0 Å². The van der Waals surface area contributed by atoms with E-state index in [1.54, 1.807) is 0 Å². The normalized spacial score (nSPS) is 10.6. The average molecular weight is 134 g/mol. The Morgan fingerprint density at radius 3 is 2.60 bits per heavy atom. The quantitative estimate of drug-likeness (QED) is 0.604. The van der Waals surface area contributed by atoms with Gasteiger partial charge in [0, 0.05) is 5.56 Å². The third-order valence-corrected chi connectivity index (χ3v) is 1.40. The molecule has 10 heavy (non-hydrogen) atoms. The highest BCUT2D eigenvalue weighted by Crippen LogP contribution is 2.09. The highest BCUT2D eigenvalue weighted by atomic mass is 14.5. The topological polar surface area (TPSA) is 27.6 Å². The molecule has 1 nitrogen and oxygen atoms in total. The zero-order valence-electron chi connectivity index (χ0n) is 6.17. The molecule has 0 aliphatic carbocycles. The van der Waals surface area contributed by atoms with Crippen LogP contribution in [-0.4, -0.2) is 0 Å². The maximum absolute atomic E-state index is 3.89. The molecular weight excluding hydrogens is 122 g/mol.